The van der Waals surface area contributed by atoms with E-state index in [0.29, 0.717) is 11.3 Å². The van der Waals surface area contributed by atoms with Crippen molar-refractivity contribution in [1.82, 2.24) is 10.6 Å². The lowest BCUT2D eigenvalue weighted by molar-refractivity contribution is -0.384. The molecule has 1 amide bonds. The third-order valence-electron chi connectivity index (χ3n) is 3.51. The normalized spacial score (nSPS) is 12.0. The number of halogens is 3. The van der Waals surface area contributed by atoms with Crippen LogP contribution in [0.4, 0.5) is 11.4 Å². The zero-order valence-electron chi connectivity index (χ0n) is 14.4. The number of benzene rings is 2. The number of nitrogens with zero attached hydrogens (tertiary/aromatic N) is 1. The van der Waals surface area contributed by atoms with Gasteiger partial charge in [-0.1, -0.05) is 58.6 Å². The van der Waals surface area contributed by atoms with Gasteiger partial charge in [-0.05, 0) is 37.3 Å². The van der Waals surface area contributed by atoms with E-state index < -0.39 is 20.8 Å². The number of non-ortho nitro benzene ring substituents is 1. The van der Waals surface area contributed by atoms with Crippen LogP contribution in [0.2, 0.25) is 0 Å². The molecule has 3 N–H and O–H groups in total. The fourth-order valence-corrected chi connectivity index (χ4v) is 2.68. The molecule has 0 aliphatic carbocycles. The van der Waals surface area contributed by atoms with Crippen LogP contribution in [0.1, 0.15) is 15.9 Å². The standard InChI is InChI=1S/C17H15Cl3N4O3S/c1-10-5-7-11(8-6-10)14(25)22-15(17(18,19)20)23-16(28)21-12-3-2-4-13(9-12)24(26)27/h2-9,15H,1H3,(H,22,25)(H2,21,23,28)/t15-/m1/s1. The molecule has 0 aliphatic rings. The summed E-state index contributed by atoms with van der Waals surface area (Å²) < 4.78 is -1.92. The van der Waals surface area contributed by atoms with Crippen molar-refractivity contribution in [2.45, 2.75) is 16.9 Å². The third kappa shape index (κ3) is 6.49. The van der Waals surface area contributed by atoms with Gasteiger partial charge in [0.15, 0.2) is 5.11 Å². The smallest absolute Gasteiger partial charge is 0.271 e. The molecule has 0 fully saturated rings. The zero-order valence-corrected chi connectivity index (χ0v) is 17.5. The number of carbonyl (C=O) groups excluding carboxylic acids is 1. The van der Waals surface area contributed by atoms with E-state index in [9.17, 15) is 14.9 Å². The number of anilines is 1. The van der Waals surface area contributed by atoms with Gasteiger partial charge in [0.25, 0.3) is 11.6 Å². The molecule has 2 rings (SSSR count). The Bertz CT molecular complexity index is 888. The molecule has 148 valence electrons. The second-order valence-electron chi connectivity index (χ2n) is 5.72. The van der Waals surface area contributed by atoms with Crippen LogP contribution in [-0.4, -0.2) is 25.9 Å². The van der Waals surface area contributed by atoms with Gasteiger partial charge in [0.2, 0.25) is 3.79 Å². The molecular formula is C17H15Cl3N4O3S. The highest BCUT2D eigenvalue weighted by Crippen LogP contribution is 2.29. The first-order valence-corrected chi connectivity index (χ1v) is 9.36. The first-order valence-electron chi connectivity index (χ1n) is 7.82. The summed E-state index contributed by atoms with van der Waals surface area (Å²) in [6.45, 7) is 1.89. The number of carbonyl (C=O) groups is 1. The van der Waals surface area contributed by atoms with Gasteiger partial charge in [0.05, 0.1) is 4.92 Å². The Hall–Kier alpha value is -2.13. The number of amides is 1. The van der Waals surface area contributed by atoms with Crippen LogP contribution in [-0.2, 0) is 0 Å². The fourth-order valence-electron chi connectivity index (χ4n) is 2.11. The molecule has 28 heavy (non-hydrogen) atoms. The minimum absolute atomic E-state index is 0.000953. The van der Waals surface area contributed by atoms with Crippen molar-refractivity contribution in [3.05, 3.63) is 69.8 Å². The number of nitro benzene ring substituents is 1. The van der Waals surface area contributed by atoms with E-state index in [1.807, 2.05) is 6.92 Å². The van der Waals surface area contributed by atoms with Crippen LogP contribution in [0.3, 0.4) is 0 Å². The highest BCUT2D eigenvalue weighted by Gasteiger charge is 2.35. The average molecular weight is 462 g/mol. The average Bonchev–Trinajstić information content (AvgIpc) is 2.61. The molecule has 11 heteroatoms. The van der Waals surface area contributed by atoms with E-state index in [1.165, 1.54) is 18.2 Å². The van der Waals surface area contributed by atoms with E-state index in [0.717, 1.165) is 5.56 Å². The van der Waals surface area contributed by atoms with Crippen LogP contribution in [0, 0.1) is 17.0 Å². The van der Waals surface area contributed by atoms with Gasteiger partial charge in [-0.25, -0.2) is 0 Å². The van der Waals surface area contributed by atoms with Crippen molar-refractivity contribution >= 4 is 69.4 Å². The van der Waals surface area contributed by atoms with Gasteiger partial charge in [-0.15, -0.1) is 0 Å². The number of hydrogen-bond acceptors (Lipinski definition) is 4. The summed E-state index contributed by atoms with van der Waals surface area (Å²) in [5, 5.41) is 18.9. The number of nitro groups is 1. The van der Waals surface area contributed by atoms with Gasteiger partial charge < -0.3 is 16.0 Å². The number of hydrogen-bond donors (Lipinski definition) is 3. The van der Waals surface area contributed by atoms with Gasteiger partial charge in [-0.2, -0.15) is 0 Å². The number of alkyl halides is 3. The Morgan fingerprint density at radius 2 is 1.79 bits per heavy atom. The van der Waals surface area contributed by atoms with Gasteiger partial charge in [-0.3, -0.25) is 14.9 Å². The lowest BCUT2D eigenvalue weighted by Crippen LogP contribution is -2.56. The van der Waals surface area contributed by atoms with Crippen LogP contribution in [0.5, 0.6) is 0 Å². The van der Waals surface area contributed by atoms with Crippen LogP contribution in [0.25, 0.3) is 0 Å². The number of aryl methyl sites for hydroxylation is 1. The molecule has 0 unspecified atom stereocenters. The summed E-state index contributed by atoms with van der Waals surface area (Å²) in [5.74, 6) is -0.470. The Labute approximate surface area is 181 Å². The van der Waals surface area contributed by atoms with Gasteiger partial charge >= 0.3 is 0 Å². The van der Waals surface area contributed by atoms with Crippen molar-refractivity contribution in [1.29, 1.82) is 0 Å². The first-order chi connectivity index (χ1) is 13.1. The molecule has 0 saturated carbocycles. The summed E-state index contributed by atoms with van der Waals surface area (Å²) in [7, 11) is 0. The Morgan fingerprint density at radius 1 is 1.14 bits per heavy atom. The Balaban J connectivity index is 2.08. The van der Waals surface area contributed by atoms with Crippen molar-refractivity contribution < 1.29 is 9.72 Å². The number of rotatable bonds is 5. The van der Waals surface area contributed by atoms with E-state index in [2.05, 4.69) is 16.0 Å². The van der Waals surface area contributed by atoms with Crippen LogP contribution >= 0.6 is 47.0 Å². The van der Waals surface area contributed by atoms with Gasteiger partial charge in [0.1, 0.15) is 6.17 Å². The van der Waals surface area contributed by atoms with Crippen molar-refractivity contribution in [2.24, 2.45) is 0 Å². The highest BCUT2D eigenvalue weighted by molar-refractivity contribution is 7.80. The maximum atomic E-state index is 12.4. The molecule has 0 aromatic heterocycles. The molecule has 7 nitrogen and oxygen atoms in total. The maximum absolute atomic E-state index is 12.4. The molecule has 0 spiro atoms. The lowest BCUT2D eigenvalue weighted by Gasteiger charge is -2.27. The third-order valence-corrected chi connectivity index (χ3v) is 4.38. The van der Waals surface area contributed by atoms with Gasteiger partial charge in [0, 0.05) is 23.4 Å². The van der Waals surface area contributed by atoms with Crippen LogP contribution < -0.4 is 16.0 Å². The quantitative estimate of drug-likeness (QED) is 0.202. The second kappa shape index (κ2) is 9.38. The molecule has 0 saturated heterocycles. The van der Waals surface area contributed by atoms with E-state index in [1.54, 1.807) is 30.3 Å². The second-order valence-corrected chi connectivity index (χ2v) is 8.50. The predicted molar refractivity (Wildman–Crippen MR) is 115 cm³/mol. The molecule has 0 radical (unpaired) electrons. The molecular weight excluding hydrogens is 447 g/mol. The van der Waals surface area contributed by atoms with Crippen molar-refractivity contribution in [3.8, 4) is 0 Å². The minimum Gasteiger partial charge on any atom is -0.339 e. The summed E-state index contributed by atoms with van der Waals surface area (Å²) in [6.07, 6.45) is -1.16. The van der Waals surface area contributed by atoms with Crippen LogP contribution in [0.15, 0.2) is 48.5 Å². The highest BCUT2D eigenvalue weighted by atomic mass is 35.6. The zero-order chi connectivity index (χ0) is 20.9. The summed E-state index contributed by atoms with van der Waals surface area (Å²) in [4.78, 5) is 22.7. The Kier molecular flexibility index (Phi) is 7.42. The SMILES string of the molecule is Cc1ccc(C(=O)N[C@H](NC(=S)Nc2cccc([N+](=O)[O-])c2)C(Cl)(Cl)Cl)cc1. The largest absolute Gasteiger partial charge is 0.339 e. The minimum atomic E-state index is -1.92. The molecule has 0 aliphatic heterocycles. The molecule has 0 heterocycles. The maximum Gasteiger partial charge on any atom is 0.271 e. The number of thiocarbonyl (C=S) groups is 1. The summed E-state index contributed by atoms with van der Waals surface area (Å²) in [6, 6.07) is 12.5. The van der Waals surface area contributed by atoms with E-state index in [-0.39, 0.29) is 10.8 Å². The lowest BCUT2D eigenvalue weighted by atomic mass is 10.1. The van der Waals surface area contributed by atoms with E-state index in [4.69, 9.17) is 47.0 Å². The van der Waals surface area contributed by atoms with E-state index >= 15 is 0 Å². The molecule has 1 atom stereocenters. The summed E-state index contributed by atoms with van der Waals surface area (Å²) in [5.41, 5.74) is 1.62. The molecule has 0 bridgehead atoms. The van der Waals surface area contributed by atoms with Crippen molar-refractivity contribution in [2.75, 3.05) is 5.32 Å². The molecule has 2 aromatic carbocycles. The Morgan fingerprint density at radius 3 is 2.36 bits per heavy atom. The fraction of sp³-hybridized carbons (Fsp3) is 0.176. The molecule has 2 aromatic rings. The topological polar surface area (TPSA) is 96.3 Å². The predicted octanol–water partition coefficient (Wildman–Crippen LogP) is 4.32. The van der Waals surface area contributed by atoms with Crippen molar-refractivity contribution in [3.63, 3.8) is 0 Å². The summed E-state index contributed by atoms with van der Waals surface area (Å²) >= 11 is 23.0. The number of nitrogens with one attached hydrogen (secondary N) is 3. The first kappa shape index (κ1) is 22.2. The monoisotopic (exact) mass is 460 g/mol.